The number of H-pyrrole nitrogens is 2. The molecule has 0 aliphatic rings. The number of nitrogens with two attached hydrogens (primary N) is 1. The summed E-state index contributed by atoms with van der Waals surface area (Å²) in [5, 5.41) is 11.2. The van der Waals surface area contributed by atoms with E-state index in [2.05, 4.69) is 31.5 Å². The molecular formula is C23H21N7O. The van der Waals surface area contributed by atoms with Gasteiger partial charge in [0.05, 0.1) is 16.6 Å². The van der Waals surface area contributed by atoms with Crippen molar-refractivity contribution in [2.45, 2.75) is 6.42 Å². The topological polar surface area (TPSA) is 125 Å². The van der Waals surface area contributed by atoms with Crippen LogP contribution in [0, 0.1) is 0 Å². The highest BCUT2D eigenvalue weighted by Crippen LogP contribution is 2.29. The van der Waals surface area contributed by atoms with Crippen LogP contribution in [-0.4, -0.2) is 44.1 Å². The maximum absolute atomic E-state index is 12.4. The number of benzene rings is 2. The second kappa shape index (κ2) is 8.00. The number of hydrogen-bond donors (Lipinski definition) is 4. The van der Waals surface area contributed by atoms with Gasteiger partial charge in [0.2, 0.25) is 0 Å². The molecule has 0 atom stereocenters. The van der Waals surface area contributed by atoms with E-state index in [1.54, 1.807) is 18.5 Å². The average molecular weight is 411 g/mol. The fourth-order valence-corrected chi connectivity index (χ4v) is 3.59. The minimum absolute atomic E-state index is 0.130. The second-order valence-electron chi connectivity index (χ2n) is 7.28. The van der Waals surface area contributed by atoms with E-state index in [9.17, 15) is 4.79 Å². The van der Waals surface area contributed by atoms with Crippen LogP contribution in [0.4, 0.5) is 0 Å². The predicted octanol–water partition coefficient (Wildman–Crippen LogP) is 3.25. The molecule has 0 radical (unpaired) electrons. The van der Waals surface area contributed by atoms with E-state index in [1.807, 2.05) is 36.4 Å². The smallest absolute Gasteiger partial charge is 0.251 e. The van der Waals surface area contributed by atoms with Gasteiger partial charge in [0.1, 0.15) is 5.69 Å². The Kier molecular flexibility index (Phi) is 4.89. The second-order valence-corrected chi connectivity index (χ2v) is 7.28. The van der Waals surface area contributed by atoms with Crippen LogP contribution < -0.4 is 11.1 Å². The van der Waals surface area contributed by atoms with Crippen molar-refractivity contribution < 1.29 is 4.79 Å². The first-order chi connectivity index (χ1) is 15.2. The number of carbonyl (C=O) groups excluding carboxylic acids is 1. The molecule has 154 valence electrons. The van der Waals surface area contributed by atoms with E-state index in [1.165, 1.54) is 0 Å². The molecule has 0 aliphatic heterocycles. The third-order valence-electron chi connectivity index (χ3n) is 5.21. The van der Waals surface area contributed by atoms with Gasteiger partial charge >= 0.3 is 0 Å². The van der Waals surface area contributed by atoms with Gasteiger partial charge < -0.3 is 16.0 Å². The molecule has 2 aromatic carbocycles. The third-order valence-corrected chi connectivity index (χ3v) is 5.21. The van der Waals surface area contributed by atoms with Crippen molar-refractivity contribution in [1.82, 2.24) is 30.5 Å². The Morgan fingerprint density at radius 1 is 1.00 bits per heavy atom. The number of rotatable bonds is 6. The van der Waals surface area contributed by atoms with Crippen molar-refractivity contribution in [3.8, 4) is 22.6 Å². The number of nitrogens with one attached hydrogen (secondary N) is 3. The van der Waals surface area contributed by atoms with Gasteiger partial charge in [-0.1, -0.05) is 6.07 Å². The number of imidazole rings is 1. The number of nitrogens with zero attached hydrogens (tertiary/aromatic N) is 3. The first-order valence-corrected chi connectivity index (χ1v) is 10.1. The molecule has 5 N–H and O–H groups in total. The van der Waals surface area contributed by atoms with Crippen LogP contribution in [0.5, 0.6) is 0 Å². The van der Waals surface area contributed by atoms with E-state index >= 15 is 0 Å². The summed E-state index contributed by atoms with van der Waals surface area (Å²) in [6.07, 6.45) is 4.29. The van der Waals surface area contributed by atoms with Gasteiger partial charge in [-0.15, -0.1) is 0 Å². The van der Waals surface area contributed by atoms with Crippen molar-refractivity contribution in [2.24, 2.45) is 5.73 Å². The van der Waals surface area contributed by atoms with Crippen LogP contribution >= 0.6 is 0 Å². The Morgan fingerprint density at radius 2 is 1.87 bits per heavy atom. The predicted molar refractivity (Wildman–Crippen MR) is 120 cm³/mol. The van der Waals surface area contributed by atoms with Crippen LogP contribution in [0.3, 0.4) is 0 Å². The lowest BCUT2D eigenvalue weighted by Gasteiger charge is -2.04. The normalized spacial score (nSPS) is 11.3. The molecule has 5 aromatic rings. The number of fused-ring (bicyclic) bond motifs is 2. The molecule has 0 aliphatic carbocycles. The molecule has 0 unspecified atom stereocenters. The van der Waals surface area contributed by atoms with Crippen molar-refractivity contribution in [2.75, 3.05) is 13.1 Å². The lowest BCUT2D eigenvalue weighted by molar-refractivity contribution is 0.0953. The van der Waals surface area contributed by atoms with Crippen LogP contribution in [-0.2, 0) is 0 Å². The summed E-state index contributed by atoms with van der Waals surface area (Å²) in [5.74, 6) is 0.517. The summed E-state index contributed by atoms with van der Waals surface area (Å²) < 4.78 is 0. The quantitative estimate of drug-likeness (QED) is 0.319. The maximum atomic E-state index is 12.4. The van der Waals surface area contributed by atoms with Gasteiger partial charge in [-0.25, -0.2) is 4.98 Å². The molecular weight excluding hydrogens is 390 g/mol. The zero-order valence-corrected chi connectivity index (χ0v) is 16.7. The summed E-state index contributed by atoms with van der Waals surface area (Å²) in [4.78, 5) is 24.6. The molecule has 1 amide bonds. The number of carbonyl (C=O) groups is 1. The Hall–Kier alpha value is -4.04. The van der Waals surface area contributed by atoms with Crippen LogP contribution in [0.25, 0.3) is 44.6 Å². The molecule has 3 heterocycles. The Bertz CT molecular complexity index is 1370. The molecule has 0 fully saturated rings. The summed E-state index contributed by atoms with van der Waals surface area (Å²) in [7, 11) is 0. The lowest BCUT2D eigenvalue weighted by Crippen LogP contribution is -2.25. The Balaban J connectivity index is 1.51. The van der Waals surface area contributed by atoms with Gasteiger partial charge in [-0.3, -0.25) is 14.9 Å². The first-order valence-electron chi connectivity index (χ1n) is 10.1. The van der Waals surface area contributed by atoms with Crippen molar-refractivity contribution >= 4 is 27.8 Å². The first kappa shape index (κ1) is 19.0. The zero-order valence-electron chi connectivity index (χ0n) is 16.7. The Labute approximate surface area is 177 Å². The van der Waals surface area contributed by atoms with Crippen LogP contribution in [0.15, 0.2) is 60.9 Å². The molecule has 0 spiro atoms. The molecule has 5 rings (SSSR count). The molecule has 0 bridgehead atoms. The number of hydrogen-bond acceptors (Lipinski definition) is 5. The highest BCUT2D eigenvalue weighted by atomic mass is 16.1. The fourth-order valence-electron chi connectivity index (χ4n) is 3.59. The molecule has 8 nitrogen and oxygen atoms in total. The molecule has 0 saturated heterocycles. The minimum Gasteiger partial charge on any atom is -0.352 e. The summed E-state index contributed by atoms with van der Waals surface area (Å²) in [6.45, 7) is 1.09. The van der Waals surface area contributed by atoms with Crippen LogP contribution in [0.1, 0.15) is 16.8 Å². The number of pyridine rings is 1. The zero-order chi connectivity index (χ0) is 21.2. The van der Waals surface area contributed by atoms with Crippen molar-refractivity contribution in [3.63, 3.8) is 0 Å². The molecule has 8 heteroatoms. The van der Waals surface area contributed by atoms with Gasteiger partial charge in [0.15, 0.2) is 5.82 Å². The highest BCUT2D eigenvalue weighted by molar-refractivity contribution is 6.01. The minimum atomic E-state index is -0.130. The molecule has 3 aromatic heterocycles. The van der Waals surface area contributed by atoms with E-state index in [-0.39, 0.29) is 5.91 Å². The van der Waals surface area contributed by atoms with Gasteiger partial charge in [-0.05, 0) is 66.6 Å². The highest BCUT2D eigenvalue weighted by Gasteiger charge is 2.15. The maximum Gasteiger partial charge on any atom is 0.251 e. The lowest BCUT2D eigenvalue weighted by atomic mass is 10.1. The monoisotopic (exact) mass is 411 g/mol. The summed E-state index contributed by atoms with van der Waals surface area (Å²) in [6, 6.07) is 15.5. The Morgan fingerprint density at radius 3 is 2.71 bits per heavy atom. The van der Waals surface area contributed by atoms with E-state index < -0.39 is 0 Å². The van der Waals surface area contributed by atoms with Crippen molar-refractivity contribution in [1.29, 1.82) is 0 Å². The molecule has 0 saturated carbocycles. The average Bonchev–Trinajstić information content (AvgIpc) is 3.42. The van der Waals surface area contributed by atoms with E-state index in [0.717, 1.165) is 39.5 Å². The van der Waals surface area contributed by atoms with Gasteiger partial charge in [-0.2, -0.15) is 5.10 Å². The van der Waals surface area contributed by atoms with Gasteiger partial charge in [0.25, 0.3) is 5.91 Å². The molecule has 31 heavy (non-hydrogen) atoms. The fraction of sp³-hybridized carbons (Fsp3) is 0.130. The SMILES string of the molecule is NCCCNC(=O)c1ccc2[nH]nc(-c3nc4ccc(-c5ccncc5)cc4[nH]3)c2c1. The number of aromatic amines is 2. The summed E-state index contributed by atoms with van der Waals surface area (Å²) in [5.41, 5.74) is 11.5. The largest absolute Gasteiger partial charge is 0.352 e. The van der Waals surface area contributed by atoms with Crippen LogP contribution in [0.2, 0.25) is 0 Å². The van der Waals surface area contributed by atoms with E-state index in [4.69, 9.17) is 10.7 Å². The summed E-state index contributed by atoms with van der Waals surface area (Å²) >= 11 is 0. The van der Waals surface area contributed by atoms with E-state index in [0.29, 0.717) is 30.2 Å². The number of amides is 1. The third kappa shape index (κ3) is 3.64. The number of aromatic nitrogens is 5. The van der Waals surface area contributed by atoms with Gasteiger partial charge in [0, 0.05) is 29.9 Å². The van der Waals surface area contributed by atoms with Crippen molar-refractivity contribution in [3.05, 3.63) is 66.5 Å². The standard InChI is InChI=1S/C23H21N7O/c24-8-1-9-26-23(31)16-3-4-18-17(12-16)21(30-29-18)22-27-19-5-2-15(13-20(19)28-22)14-6-10-25-11-7-14/h2-7,10-13H,1,8-9,24H2,(H,26,31)(H,27,28)(H,29,30).